The van der Waals surface area contributed by atoms with Gasteiger partial charge in [0.15, 0.2) is 0 Å². The number of ketones is 1. The van der Waals surface area contributed by atoms with Crippen LogP contribution in [-0.2, 0) is 16.1 Å². The van der Waals surface area contributed by atoms with E-state index in [2.05, 4.69) is 23.8 Å². The van der Waals surface area contributed by atoms with Gasteiger partial charge in [-0.1, -0.05) is 26.0 Å². The summed E-state index contributed by atoms with van der Waals surface area (Å²) in [4.78, 5) is 36.0. The van der Waals surface area contributed by atoms with Crippen molar-refractivity contribution in [3.63, 3.8) is 0 Å². The van der Waals surface area contributed by atoms with Crippen molar-refractivity contribution < 1.29 is 19.4 Å². The number of amides is 1. The molecule has 3 aromatic rings. The van der Waals surface area contributed by atoms with Crippen molar-refractivity contribution in [3.05, 3.63) is 95.1 Å². The minimum atomic E-state index is -0.773. The molecular formula is C27H27N3O4. The fourth-order valence-electron chi connectivity index (χ4n) is 4.02. The molecule has 0 radical (unpaired) electrons. The number of likely N-dealkylation sites (tertiary alicyclic amines) is 1. The normalized spacial score (nSPS) is 17.4. The van der Waals surface area contributed by atoms with Crippen LogP contribution < -0.4 is 4.74 Å². The van der Waals surface area contributed by atoms with Crippen LogP contribution >= 0.6 is 0 Å². The zero-order valence-corrected chi connectivity index (χ0v) is 19.4. The van der Waals surface area contributed by atoms with Crippen LogP contribution in [-0.4, -0.2) is 38.3 Å². The van der Waals surface area contributed by atoms with E-state index >= 15 is 0 Å². The molecule has 0 saturated carbocycles. The molecule has 0 aliphatic carbocycles. The molecule has 0 unspecified atom stereocenters. The lowest BCUT2D eigenvalue weighted by molar-refractivity contribution is -0.140. The number of carbonyl (C=O) groups excluding carboxylic acids is 2. The third-order valence-corrected chi connectivity index (χ3v) is 5.65. The number of aliphatic hydroxyl groups excluding tert-OH is 1. The number of nitrogens with zero attached hydrogens (tertiary/aromatic N) is 3. The molecule has 4 rings (SSSR count). The maximum absolute atomic E-state index is 13.2. The van der Waals surface area contributed by atoms with E-state index in [1.54, 1.807) is 55.1 Å². The Kier molecular flexibility index (Phi) is 6.72. The van der Waals surface area contributed by atoms with Gasteiger partial charge in [-0.3, -0.25) is 19.6 Å². The molecule has 1 aliphatic heterocycles. The van der Waals surface area contributed by atoms with Crippen molar-refractivity contribution in [1.82, 2.24) is 14.9 Å². The van der Waals surface area contributed by atoms with Gasteiger partial charge >= 0.3 is 0 Å². The third-order valence-electron chi connectivity index (χ3n) is 5.65. The lowest BCUT2D eigenvalue weighted by Crippen LogP contribution is -2.29. The molecule has 1 fully saturated rings. The minimum absolute atomic E-state index is 0.0424. The standard InChI is InChI=1S/C27H27N3O4/c1-17(2)16-34-21-8-9-22(18(3)12-21)25(31)23-24(20-7-5-11-29-14-20)30(27(33)26(23)32)15-19-6-4-10-28-13-19/h4-14,17,24,31H,15-16H2,1-3H3/t24-/m0/s1. The zero-order chi connectivity index (χ0) is 24.2. The van der Waals surface area contributed by atoms with Crippen LogP contribution in [0.4, 0.5) is 0 Å². The molecule has 0 spiro atoms. The number of ether oxygens (including phenoxy) is 1. The average molecular weight is 458 g/mol. The summed E-state index contributed by atoms with van der Waals surface area (Å²) in [6.07, 6.45) is 6.53. The zero-order valence-electron chi connectivity index (χ0n) is 19.4. The van der Waals surface area contributed by atoms with Gasteiger partial charge < -0.3 is 14.7 Å². The second kappa shape index (κ2) is 9.87. The van der Waals surface area contributed by atoms with Crippen LogP contribution in [0.2, 0.25) is 0 Å². The highest BCUT2D eigenvalue weighted by Gasteiger charge is 2.46. The Morgan fingerprint density at radius 3 is 2.44 bits per heavy atom. The summed E-state index contributed by atoms with van der Waals surface area (Å²) < 4.78 is 5.78. The number of aliphatic hydroxyl groups is 1. The molecule has 1 saturated heterocycles. The topological polar surface area (TPSA) is 92.6 Å². The molecule has 7 heteroatoms. The van der Waals surface area contributed by atoms with E-state index in [0.29, 0.717) is 29.4 Å². The van der Waals surface area contributed by atoms with E-state index in [0.717, 1.165) is 11.1 Å². The quantitative estimate of drug-likeness (QED) is 0.320. The van der Waals surface area contributed by atoms with Crippen molar-refractivity contribution in [2.45, 2.75) is 33.4 Å². The van der Waals surface area contributed by atoms with Crippen molar-refractivity contribution in [3.8, 4) is 5.75 Å². The predicted octanol–water partition coefficient (Wildman–Crippen LogP) is 4.44. The highest BCUT2D eigenvalue weighted by atomic mass is 16.5. The van der Waals surface area contributed by atoms with E-state index in [9.17, 15) is 14.7 Å². The molecule has 1 N–H and O–H groups in total. The third kappa shape index (κ3) is 4.69. The van der Waals surface area contributed by atoms with Crippen LogP contribution in [0.25, 0.3) is 5.76 Å². The van der Waals surface area contributed by atoms with Crippen molar-refractivity contribution in [2.75, 3.05) is 6.61 Å². The number of hydrogen-bond donors (Lipinski definition) is 1. The van der Waals surface area contributed by atoms with Crippen LogP contribution in [0.3, 0.4) is 0 Å². The molecule has 7 nitrogen and oxygen atoms in total. The molecule has 1 aromatic carbocycles. The van der Waals surface area contributed by atoms with Gasteiger partial charge in [-0.05, 0) is 59.9 Å². The highest BCUT2D eigenvalue weighted by molar-refractivity contribution is 6.46. The first-order chi connectivity index (χ1) is 16.4. The average Bonchev–Trinajstić information content (AvgIpc) is 3.08. The van der Waals surface area contributed by atoms with Gasteiger partial charge in [-0.2, -0.15) is 0 Å². The molecular weight excluding hydrogens is 430 g/mol. The van der Waals surface area contributed by atoms with Crippen molar-refractivity contribution >= 4 is 17.4 Å². The molecule has 1 aliphatic rings. The molecule has 174 valence electrons. The lowest BCUT2D eigenvalue weighted by Gasteiger charge is -2.25. The summed E-state index contributed by atoms with van der Waals surface area (Å²) in [6, 6.07) is 11.7. The van der Waals surface area contributed by atoms with Crippen LogP contribution in [0.1, 0.15) is 42.1 Å². The smallest absolute Gasteiger partial charge is 0.295 e. The molecule has 3 heterocycles. The van der Waals surface area contributed by atoms with Gasteiger partial charge in [0.1, 0.15) is 11.5 Å². The van der Waals surface area contributed by atoms with Gasteiger partial charge in [-0.25, -0.2) is 0 Å². The summed E-state index contributed by atoms with van der Waals surface area (Å²) >= 11 is 0. The van der Waals surface area contributed by atoms with Gasteiger partial charge in [-0.15, -0.1) is 0 Å². The molecule has 1 atom stereocenters. The van der Waals surface area contributed by atoms with Crippen LogP contribution in [0.15, 0.2) is 72.8 Å². The van der Waals surface area contributed by atoms with Crippen molar-refractivity contribution in [1.29, 1.82) is 0 Å². The first kappa shape index (κ1) is 23.2. The number of aromatic nitrogens is 2. The Balaban J connectivity index is 1.78. The molecule has 2 aromatic heterocycles. The van der Waals surface area contributed by atoms with E-state index in [4.69, 9.17) is 4.74 Å². The van der Waals surface area contributed by atoms with Gasteiger partial charge in [0.2, 0.25) is 0 Å². The Hall–Kier alpha value is -4.00. The summed E-state index contributed by atoms with van der Waals surface area (Å²) in [5.41, 5.74) is 2.68. The SMILES string of the molecule is Cc1cc(OCC(C)C)ccc1C(O)=C1C(=O)C(=O)N(Cc2cccnc2)[C@H]1c1cccnc1. The number of carbonyl (C=O) groups is 2. The second-order valence-electron chi connectivity index (χ2n) is 8.76. The number of rotatable bonds is 7. The summed E-state index contributed by atoms with van der Waals surface area (Å²) in [7, 11) is 0. The number of hydrogen-bond acceptors (Lipinski definition) is 6. The maximum Gasteiger partial charge on any atom is 0.295 e. The molecule has 0 bridgehead atoms. The number of benzene rings is 1. The molecule has 1 amide bonds. The van der Waals surface area contributed by atoms with Gasteiger partial charge in [0, 0.05) is 36.9 Å². The van der Waals surface area contributed by atoms with E-state index in [1.165, 1.54) is 4.90 Å². The largest absolute Gasteiger partial charge is 0.507 e. The van der Waals surface area contributed by atoms with Crippen molar-refractivity contribution in [2.24, 2.45) is 5.92 Å². The summed E-state index contributed by atoms with van der Waals surface area (Å²) in [6.45, 7) is 6.72. The molecule has 34 heavy (non-hydrogen) atoms. The van der Waals surface area contributed by atoms with Crippen LogP contribution in [0.5, 0.6) is 5.75 Å². The Morgan fingerprint density at radius 1 is 1.09 bits per heavy atom. The summed E-state index contributed by atoms with van der Waals surface area (Å²) in [5.74, 6) is -0.551. The first-order valence-electron chi connectivity index (χ1n) is 11.2. The van der Waals surface area contributed by atoms with E-state index < -0.39 is 17.7 Å². The lowest BCUT2D eigenvalue weighted by atomic mass is 9.94. The minimum Gasteiger partial charge on any atom is -0.507 e. The fraction of sp³-hybridized carbons (Fsp3) is 0.259. The predicted molar refractivity (Wildman–Crippen MR) is 128 cm³/mol. The Labute approximate surface area is 198 Å². The van der Waals surface area contributed by atoms with Gasteiger partial charge in [0.25, 0.3) is 11.7 Å². The number of Topliss-reactive ketones (excluding diaryl/α,β-unsaturated/α-hetero) is 1. The number of aryl methyl sites for hydroxylation is 1. The highest BCUT2D eigenvalue weighted by Crippen LogP contribution is 2.40. The van der Waals surface area contributed by atoms with E-state index in [1.807, 2.05) is 19.1 Å². The Bertz CT molecular complexity index is 1220. The van der Waals surface area contributed by atoms with Crippen LogP contribution in [0, 0.1) is 12.8 Å². The Morgan fingerprint density at radius 2 is 1.82 bits per heavy atom. The fourth-order valence-corrected chi connectivity index (χ4v) is 4.02. The number of pyridine rings is 2. The summed E-state index contributed by atoms with van der Waals surface area (Å²) in [5, 5.41) is 11.3. The maximum atomic E-state index is 13.2. The van der Waals surface area contributed by atoms with Gasteiger partial charge in [0.05, 0.1) is 18.2 Å². The van der Waals surface area contributed by atoms with E-state index in [-0.39, 0.29) is 17.9 Å². The monoisotopic (exact) mass is 457 g/mol. The second-order valence-corrected chi connectivity index (χ2v) is 8.76. The first-order valence-corrected chi connectivity index (χ1v) is 11.2.